The van der Waals surface area contributed by atoms with Crippen LogP contribution in [0.5, 0.6) is 11.5 Å². The molecule has 7 heteroatoms. The minimum atomic E-state index is -0.179. The molecule has 0 aliphatic carbocycles. The maximum Gasteiger partial charge on any atom is 0.282 e. The normalized spacial score (nSPS) is 11.3. The molecule has 2 heterocycles. The third kappa shape index (κ3) is 4.26. The number of hydrogen-bond donors (Lipinski definition) is 0. The smallest absolute Gasteiger partial charge is 0.282 e. The topological polar surface area (TPSA) is 65.7 Å². The van der Waals surface area contributed by atoms with Gasteiger partial charge < -0.3 is 9.47 Å². The zero-order valence-corrected chi connectivity index (χ0v) is 17.6. The Morgan fingerprint density at radius 2 is 1.97 bits per heavy atom. The van der Waals surface area contributed by atoms with E-state index in [-0.39, 0.29) is 5.56 Å². The SMILES string of the molecule is CCc1cc2c(=O)n(/N=C\c3ccc(OCc4ccccc4)c(OC)c3)cnc2s1. The van der Waals surface area contributed by atoms with Crippen LogP contribution < -0.4 is 15.0 Å². The third-order valence-electron chi connectivity index (χ3n) is 4.59. The lowest BCUT2D eigenvalue weighted by Crippen LogP contribution is -2.16. The van der Waals surface area contributed by atoms with Gasteiger partial charge in [-0.3, -0.25) is 4.79 Å². The van der Waals surface area contributed by atoms with Crippen molar-refractivity contribution in [3.8, 4) is 11.5 Å². The van der Waals surface area contributed by atoms with Crippen molar-refractivity contribution in [2.24, 2.45) is 5.10 Å². The summed E-state index contributed by atoms with van der Waals surface area (Å²) in [5, 5.41) is 4.88. The Kier molecular flexibility index (Phi) is 5.90. The number of ether oxygens (including phenoxy) is 2. The minimum Gasteiger partial charge on any atom is -0.493 e. The van der Waals surface area contributed by atoms with Crippen molar-refractivity contribution in [1.82, 2.24) is 9.66 Å². The molecule has 0 N–H and O–H groups in total. The van der Waals surface area contributed by atoms with Gasteiger partial charge in [0.2, 0.25) is 0 Å². The Balaban J connectivity index is 1.54. The molecule has 2 aromatic carbocycles. The van der Waals surface area contributed by atoms with Crippen molar-refractivity contribution < 1.29 is 9.47 Å². The van der Waals surface area contributed by atoms with Gasteiger partial charge in [0.25, 0.3) is 5.56 Å². The van der Waals surface area contributed by atoms with Gasteiger partial charge in [-0.2, -0.15) is 9.78 Å². The summed E-state index contributed by atoms with van der Waals surface area (Å²) in [7, 11) is 1.59. The number of fused-ring (bicyclic) bond motifs is 1. The Bertz CT molecular complexity index is 1250. The van der Waals surface area contributed by atoms with Crippen LogP contribution in [0.2, 0.25) is 0 Å². The third-order valence-corrected chi connectivity index (χ3v) is 5.78. The van der Waals surface area contributed by atoms with E-state index in [4.69, 9.17) is 9.47 Å². The average Bonchev–Trinajstić information content (AvgIpc) is 3.22. The lowest BCUT2D eigenvalue weighted by molar-refractivity contribution is 0.284. The molecule has 4 aromatic rings. The Hall–Kier alpha value is -3.45. The Morgan fingerprint density at radius 1 is 1.13 bits per heavy atom. The lowest BCUT2D eigenvalue weighted by atomic mass is 10.2. The van der Waals surface area contributed by atoms with E-state index in [1.807, 2.05) is 54.6 Å². The largest absolute Gasteiger partial charge is 0.493 e. The number of aryl methyl sites for hydroxylation is 1. The summed E-state index contributed by atoms with van der Waals surface area (Å²) in [5.74, 6) is 1.24. The van der Waals surface area contributed by atoms with Crippen molar-refractivity contribution in [2.75, 3.05) is 7.11 Å². The van der Waals surface area contributed by atoms with E-state index in [1.165, 1.54) is 22.3 Å². The fourth-order valence-electron chi connectivity index (χ4n) is 2.97. The molecule has 2 aromatic heterocycles. The van der Waals surface area contributed by atoms with Gasteiger partial charge in [-0.15, -0.1) is 11.3 Å². The van der Waals surface area contributed by atoms with Gasteiger partial charge in [-0.05, 0) is 41.8 Å². The number of thiophene rings is 1. The molecule has 0 fully saturated rings. The van der Waals surface area contributed by atoms with Crippen LogP contribution in [0.1, 0.15) is 22.9 Å². The summed E-state index contributed by atoms with van der Waals surface area (Å²) >= 11 is 1.54. The highest BCUT2D eigenvalue weighted by atomic mass is 32.1. The van der Waals surface area contributed by atoms with Crippen LogP contribution in [0.3, 0.4) is 0 Å². The van der Waals surface area contributed by atoms with Crippen LogP contribution in [0.4, 0.5) is 0 Å². The summed E-state index contributed by atoms with van der Waals surface area (Å²) in [4.78, 5) is 18.9. The molecule has 6 nitrogen and oxygen atoms in total. The van der Waals surface area contributed by atoms with Crippen LogP contribution in [-0.4, -0.2) is 23.0 Å². The Morgan fingerprint density at radius 3 is 2.73 bits per heavy atom. The van der Waals surface area contributed by atoms with Crippen LogP contribution in [-0.2, 0) is 13.0 Å². The van der Waals surface area contributed by atoms with Gasteiger partial charge in [0.1, 0.15) is 17.8 Å². The van der Waals surface area contributed by atoms with Crippen LogP contribution >= 0.6 is 11.3 Å². The molecule has 0 saturated carbocycles. The van der Waals surface area contributed by atoms with Crippen molar-refractivity contribution in [3.63, 3.8) is 0 Å². The average molecular weight is 420 g/mol. The molecule has 0 atom stereocenters. The predicted molar refractivity (Wildman–Crippen MR) is 120 cm³/mol. The molecule has 152 valence electrons. The van der Waals surface area contributed by atoms with Gasteiger partial charge in [0.05, 0.1) is 18.7 Å². The molecule has 0 spiro atoms. The van der Waals surface area contributed by atoms with E-state index >= 15 is 0 Å². The molecule has 0 radical (unpaired) electrons. The molecule has 0 bridgehead atoms. The Labute approximate surface area is 178 Å². The lowest BCUT2D eigenvalue weighted by Gasteiger charge is -2.11. The quantitative estimate of drug-likeness (QED) is 0.414. The van der Waals surface area contributed by atoms with E-state index in [0.717, 1.165) is 27.3 Å². The van der Waals surface area contributed by atoms with Crippen LogP contribution in [0.15, 0.2) is 70.8 Å². The number of methoxy groups -OCH3 is 1. The van der Waals surface area contributed by atoms with Crippen molar-refractivity contribution in [2.45, 2.75) is 20.0 Å². The first-order valence-corrected chi connectivity index (χ1v) is 10.4. The van der Waals surface area contributed by atoms with Gasteiger partial charge in [0, 0.05) is 4.88 Å². The van der Waals surface area contributed by atoms with E-state index < -0.39 is 0 Å². The first kappa shape index (κ1) is 19.8. The molecule has 0 aliphatic heterocycles. The van der Waals surface area contributed by atoms with E-state index in [9.17, 15) is 4.79 Å². The zero-order chi connectivity index (χ0) is 20.9. The number of aromatic nitrogens is 2. The van der Waals surface area contributed by atoms with Crippen LogP contribution in [0, 0.1) is 0 Å². The summed E-state index contributed by atoms with van der Waals surface area (Å²) in [6.45, 7) is 2.51. The monoisotopic (exact) mass is 419 g/mol. The first-order chi connectivity index (χ1) is 14.7. The summed E-state index contributed by atoms with van der Waals surface area (Å²) < 4.78 is 12.6. The van der Waals surface area contributed by atoms with Gasteiger partial charge in [0.15, 0.2) is 11.5 Å². The number of benzene rings is 2. The first-order valence-electron chi connectivity index (χ1n) is 9.57. The van der Waals surface area contributed by atoms with Crippen molar-refractivity contribution >= 4 is 27.8 Å². The van der Waals surface area contributed by atoms with Gasteiger partial charge in [-0.25, -0.2) is 4.98 Å². The molecule has 4 rings (SSSR count). The molecule has 0 saturated heterocycles. The second kappa shape index (κ2) is 8.92. The van der Waals surface area contributed by atoms with E-state index in [1.54, 1.807) is 13.3 Å². The highest BCUT2D eigenvalue weighted by molar-refractivity contribution is 7.18. The molecule has 0 amide bonds. The summed E-state index contributed by atoms with van der Waals surface area (Å²) in [6.07, 6.45) is 3.93. The fourth-order valence-corrected chi connectivity index (χ4v) is 3.89. The maximum atomic E-state index is 12.6. The van der Waals surface area contributed by atoms with Crippen LogP contribution in [0.25, 0.3) is 10.2 Å². The number of nitrogens with zero attached hydrogens (tertiary/aromatic N) is 3. The number of rotatable bonds is 7. The molecule has 30 heavy (non-hydrogen) atoms. The highest BCUT2D eigenvalue weighted by Gasteiger charge is 2.08. The number of hydrogen-bond acceptors (Lipinski definition) is 6. The second-order valence-electron chi connectivity index (χ2n) is 6.61. The molecule has 0 aliphatic rings. The van der Waals surface area contributed by atoms with Gasteiger partial charge in [-0.1, -0.05) is 37.3 Å². The fraction of sp³-hybridized carbons (Fsp3) is 0.174. The summed E-state index contributed by atoms with van der Waals surface area (Å²) in [6, 6.07) is 17.3. The van der Waals surface area contributed by atoms with Crippen molar-refractivity contribution in [3.05, 3.63) is 87.3 Å². The van der Waals surface area contributed by atoms with Crippen molar-refractivity contribution in [1.29, 1.82) is 0 Å². The molecule has 0 unspecified atom stereocenters. The predicted octanol–water partition coefficient (Wildman–Crippen LogP) is 4.49. The van der Waals surface area contributed by atoms with E-state index in [0.29, 0.717) is 23.5 Å². The van der Waals surface area contributed by atoms with Gasteiger partial charge >= 0.3 is 0 Å². The zero-order valence-electron chi connectivity index (χ0n) is 16.7. The standard InChI is InChI=1S/C23H21N3O3S/c1-3-18-12-19-22(30-18)24-15-26(23(19)27)25-13-17-9-10-20(21(11-17)28-2)29-14-16-7-5-4-6-8-16/h4-13,15H,3,14H2,1-2H3/b25-13-. The second-order valence-corrected chi connectivity index (χ2v) is 7.72. The summed E-state index contributed by atoms with van der Waals surface area (Å²) in [5.41, 5.74) is 1.68. The van der Waals surface area contributed by atoms with E-state index in [2.05, 4.69) is 17.0 Å². The maximum absolute atomic E-state index is 12.6. The molecular weight excluding hydrogens is 398 g/mol. The molecular formula is C23H21N3O3S. The minimum absolute atomic E-state index is 0.179. The highest BCUT2D eigenvalue weighted by Crippen LogP contribution is 2.28.